The Morgan fingerprint density at radius 1 is 1.36 bits per heavy atom. The summed E-state index contributed by atoms with van der Waals surface area (Å²) in [4.78, 5) is 10.9. The van der Waals surface area contributed by atoms with Crippen molar-refractivity contribution in [2.24, 2.45) is 0 Å². The molecule has 0 unspecified atom stereocenters. The number of rotatable bonds is 2. The van der Waals surface area contributed by atoms with Crippen LogP contribution in [0.3, 0.4) is 0 Å². The largest absolute Gasteiger partial charge is 0.514 e. The third kappa shape index (κ3) is 3.14. The quantitative estimate of drug-likeness (QED) is 0.555. The number of hydrogen-bond donors (Lipinski definition) is 0. The highest BCUT2D eigenvalue weighted by Crippen LogP contribution is 2.03. The second kappa shape index (κ2) is 5.34. The fourth-order valence-corrected chi connectivity index (χ4v) is 1.06. The van der Waals surface area contributed by atoms with Crippen LogP contribution in [0.15, 0.2) is 30.3 Å². The first-order chi connectivity index (χ1) is 6.74. The molecular formula is C10H10O3S. The number of hydrogen-bond acceptors (Lipinski definition) is 4. The van der Waals surface area contributed by atoms with E-state index in [9.17, 15) is 4.79 Å². The zero-order valence-electron chi connectivity index (χ0n) is 7.73. The maximum absolute atomic E-state index is 10.9. The highest BCUT2D eigenvalue weighted by Gasteiger charge is 2.08. The molecule has 0 N–H and O–H groups in total. The number of thiocarbonyl (C=S) groups is 1. The van der Waals surface area contributed by atoms with Crippen LogP contribution in [0.5, 0.6) is 0 Å². The molecule has 1 aromatic rings. The Morgan fingerprint density at radius 3 is 2.57 bits per heavy atom. The molecule has 1 aromatic carbocycles. The lowest BCUT2D eigenvalue weighted by Crippen LogP contribution is -2.12. The maximum Gasteiger partial charge on any atom is 0.514 e. The molecule has 3 nitrogen and oxygen atoms in total. The second-order valence-corrected chi connectivity index (χ2v) is 2.81. The van der Waals surface area contributed by atoms with E-state index in [1.165, 1.54) is 0 Å². The van der Waals surface area contributed by atoms with Crippen molar-refractivity contribution in [3.8, 4) is 0 Å². The molecule has 14 heavy (non-hydrogen) atoms. The van der Waals surface area contributed by atoms with Gasteiger partial charge in [0.15, 0.2) is 0 Å². The molecule has 0 fully saturated rings. The molecule has 0 aliphatic heterocycles. The summed E-state index contributed by atoms with van der Waals surface area (Å²) in [7, 11) is 0. The van der Waals surface area contributed by atoms with Crippen LogP contribution in [-0.4, -0.2) is 17.8 Å². The van der Waals surface area contributed by atoms with Gasteiger partial charge in [0.05, 0.1) is 6.61 Å². The van der Waals surface area contributed by atoms with Crippen LogP contribution in [-0.2, 0) is 9.47 Å². The van der Waals surface area contributed by atoms with Crippen molar-refractivity contribution in [2.45, 2.75) is 6.92 Å². The molecule has 0 heterocycles. The highest BCUT2D eigenvalue weighted by atomic mass is 32.1. The van der Waals surface area contributed by atoms with Gasteiger partial charge in [0.25, 0.3) is 0 Å². The molecule has 0 radical (unpaired) electrons. The van der Waals surface area contributed by atoms with E-state index in [1.54, 1.807) is 19.1 Å². The summed E-state index contributed by atoms with van der Waals surface area (Å²) >= 11 is 4.89. The molecular weight excluding hydrogens is 200 g/mol. The Bertz CT molecular complexity index is 321. The van der Waals surface area contributed by atoms with E-state index in [2.05, 4.69) is 4.74 Å². The molecule has 0 saturated carbocycles. The van der Waals surface area contributed by atoms with Crippen molar-refractivity contribution in [1.82, 2.24) is 0 Å². The molecule has 0 saturated heterocycles. The van der Waals surface area contributed by atoms with Gasteiger partial charge in [-0.3, -0.25) is 0 Å². The highest BCUT2D eigenvalue weighted by molar-refractivity contribution is 7.80. The van der Waals surface area contributed by atoms with Gasteiger partial charge in [-0.25, -0.2) is 4.79 Å². The lowest BCUT2D eigenvalue weighted by molar-refractivity contribution is 0.102. The van der Waals surface area contributed by atoms with Gasteiger partial charge in [-0.2, -0.15) is 0 Å². The minimum atomic E-state index is -0.763. The molecule has 0 amide bonds. The summed E-state index contributed by atoms with van der Waals surface area (Å²) in [5, 5.41) is 0.129. The molecule has 0 atom stereocenters. The molecule has 0 bridgehead atoms. The van der Waals surface area contributed by atoms with Crippen molar-refractivity contribution in [1.29, 1.82) is 0 Å². The van der Waals surface area contributed by atoms with E-state index in [-0.39, 0.29) is 11.7 Å². The molecule has 74 valence electrons. The van der Waals surface area contributed by atoms with Crippen molar-refractivity contribution in [2.75, 3.05) is 6.61 Å². The van der Waals surface area contributed by atoms with Crippen LogP contribution in [0.4, 0.5) is 4.79 Å². The van der Waals surface area contributed by atoms with Crippen LogP contribution in [0.25, 0.3) is 0 Å². The van der Waals surface area contributed by atoms with E-state index in [0.717, 1.165) is 0 Å². The Hall–Kier alpha value is -1.42. The molecule has 0 aromatic heterocycles. The van der Waals surface area contributed by atoms with E-state index in [0.29, 0.717) is 5.56 Å². The van der Waals surface area contributed by atoms with Crippen LogP contribution in [0.2, 0.25) is 0 Å². The van der Waals surface area contributed by atoms with Gasteiger partial charge in [0.1, 0.15) is 0 Å². The zero-order chi connectivity index (χ0) is 10.4. The first-order valence-electron chi connectivity index (χ1n) is 4.18. The van der Waals surface area contributed by atoms with Gasteiger partial charge >= 0.3 is 6.16 Å². The molecule has 0 aliphatic rings. The standard InChI is InChI=1S/C10H10O3S/c1-2-12-10(11)13-9(14)8-6-4-3-5-7-8/h3-7H,2H2,1H3. The van der Waals surface area contributed by atoms with E-state index >= 15 is 0 Å². The van der Waals surface area contributed by atoms with Gasteiger partial charge in [0.2, 0.25) is 5.05 Å². The Balaban J connectivity index is 2.55. The lowest BCUT2D eigenvalue weighted by atomic mass is 10.2. The fraction of sp³-hybridized carbons (Fsp3) is 0.200. The minimum absolute atomic E-state index is 0.129. The van der Waals surface area contributed by atoms with E-state index in [4.69, 9.17) is 17.0 Å². The third-order valence-corrected chi connectivity index (χ3v) is 1.77. The SMILES string of the molecule is CCOC(=O)OC(=S)c1ccccc1. The van der Waals surface area contributed by atoms with Gasteiger partial charge in [0, 0.05) is 5.56 Å². The van der Waals surface area contributed by atoms with Crippen molar-refractivity contribution >= 4 is 23.4 Å². The molecule has 1 rings (SSSR count). The first-order valence-corrected chi connectivity index (χ1v) is 4.59. The smallest absolute Gasteiger partial charge is 0.434 e. The van der Waals surface area contributed by atoms with Gasteiger partial charge in [-0.15, -0.1) is 0 Å². The summed E-state index contributed by atoms with van der Waals surface area (Å²) in [5.74, 6) is 0. The van der Waals surface area contributed by atoms with Crippen LogP contribution < -0.4 is 0 Å². The van der Waals surface area contributed by atoms with Gasteiger partial charge in [-0.1, -0.05) is 30.3 Å². The van der Waals surface area contributed by atoms with Crippen molar-refractivity contribution in [3.63, 3.8) is 0 Å². The Kier molecular flexibility index (Phi) is 4.07. The summed E-state index contributed by atoms with van der Waals surface area (Å²) in [5.41, 5.74) is 0.690. The second-order valence-electron chi connectivity index (χ2n) is 2.44. The summed E-state index contributed by atoms with van der Waals surface area (Å²) in [6.45, 7) is 1.98. The summed E-state index contributed by atoms with van der Waals surface area (Å²) in [6, 6.07) is 9.02. The average Bonchev–Trinajstić information content (AvgIpc) is 2.19. The van der Waals surface area contributed by atoms with E-state index in [1.807, 2.05) is 18.2 Å². The van der Waals surface area contributed by atoms with E-state index < -0.39 is 6.16 Å². The monoisotopic (exact) mass is 210 g/mol. The predicted octanol–water partition coefficient (Wildman–Crippen LogP) is 2.54. The van der Waals surface area contributed by atoms with Crippen LogP contribution in [0, 0.1) is 0 Å². The topological polar surface area (TPSA) is 35.5 Å². The van der Waals surface area contributed by atoms with Crippen LogP contribution in [0.1, 0.15) is 12.5 Å². The number of carbonyl (C=O) groups excluding carboxylic acids is 1. The first kappa shape index (κ1) is 10.7. The zero-order valence-corrected chi connectivity index (χ0v) is 8.54. The average molecular weight is 210 g/mol. The fourth-order valence-electron chi connectivity index (χ4n) is 0.856. The third-order valence-electron chi connectivity index (χ3n) is 1.45. The van der Waals surface area contributed by atoms with Gasteiger partial charge in [-0.05, 0) is 19.1 Å². The summed E-state index contributed by atoms with van der Waals surface area (Å²) in [6.07, 6.45) is -0.763. The Morgan fingerprint density at radius 2 is 2.00 bits per heavy atom. The predicted molar refractivity (Wildman–Crippen MR) is 56.2 cm³/mol. The number of benzene rings is 1. The molecule has 0 aliphatic carbocycles. The van der Waals surface area contributed by atoms with Crippen LogP contribution >= 0.6 is 12.2 Å². The Labute approximate surface area is 87.6 Å². The normalized spacial score (nSPS) is 9.21. The number of carbonyl (C=O) groups is 1. The van der Waals surface area contributed by atoms with Crippen molar-refractivity contribution < 1.29 is 14.3 Å². The minimum Gasteiger partial charge on any atom is -0.434 e. The molecule has 0 spiro atoms. The maximum atomic E-state index is 10.9. The number of ether oxygens (including phenoxy) is 2. The molecule has 4 heteroatoms. The summed E-state index contributed by atoms with van der Waals surface area (Å²) < 4.78 is 9.33. The lowest BCUT2D eigenvalue weighted by Gasteiger charge is -2.04. The van der Waals surface area contributed by atoms with Gasteiger partial charge < -0.3 is 9.47 Å². The van der Waals surface area contributed by atoms with Crippen molar-refractivity contribution in [3.05, 3.63) is 35.9 Å².